The third-order valence-electron chi connectivity index (χ3n) is 4.28. The van der Waals surface area contributed by atoms with E-state index < -0.39 is 0 Å². The quantitative estimate of drug-likeness (QED) is 0.361. The van der Waals surface area contributed by atoms with Gasteiger partial charge in [-0.15, -0.1) is 23.5 Å². The van der Waals surface area contributed by atoms with E-state index in [4.69, 9.17) is 0 Å². The van der Waals surface area contributed by atoms with Crippen LogP contribution in [-0.2, 0) is 0 Å². The number of thioether (sulfide) groups is 2. The first-order valence-electron chi connectivity index (χ1n) is 8.12. The third-order valence-corrected chi connectivity index (χ3v) is 7.95. The SMILES string of the molecule is Brc1ccc(SC2CC(c3ccccc3)Sc3ccc(Br)cc32)cc1. The molecule has 0 aromatic heterocycles. The van der Waals surface area contributed by atoms with Crippen LogP contribution in [0.4, 0.5) is 0 Å². The molecule has 3 aromatic carbocycles. The summed E-state index contributed by atoms with van der Waals surface area (Å²) in [5.74, 6) is 0. The fourth-order valence-corrected chi connectivity index (χ4v) is 6.51. The molecule has 0 aliphatic carbocycles. The summed E-state index contributed by atoms with van der Waals surface area (Å²) in [6.07, 6.45) is 1.14. The maximum Gasteiger partial charge on any atom is 0.0369 e. The molecule has 0 nitrogen and oxygen atoms in total. The van der Waals surface area contributed by atoms with E-state index >= 15 is 0 Å². The van der Waals surface area contributed by atoms with Gasteiger partial charge in [0.1, 0.15) is 0 Å². The second-order valence-corrected chi connectivity index (χ2v) is 10.3. The Kier molecular flexibility index (Phi) is 5.61. The molecule has 2 atom stereocenters. The molecule has 4 rings (SSSR count). The van der Waals surface area contributed by atoms with Gasteiger partial charge in [-0.1, -0.05) is 62.2 Å². The molecule has 1 heterocycles. The Bertz CT molecular complexity index is 863. The first kappa shape index (κ1) is 17.7. The van der Waals surface area contributed by atoms with Gasteiger partial charge in [0.05, 0.1) is 0 Å². The lowest BCUT2D eigenvalue weighted by Crippen LogP contribution is -2.09. The van der Waals surface area contributed by atoms with E-state index in [1.807, 2.05) is 23.5 Å². The van der Waals surface area contributed by atoms with Gasteiger partial charge in [-0.2, -0.15) is 0 Å². The van der Waals surface area contributed by atoms with Gasteiger partial charge < -0.3 is 0 Å². The summed E-state index contributed by atoms with van der Waals surface area (Å²) >= 11 is 11.1. The fraction of sp³-hybridized carbons (Fsp3) is 0.143. The number of hydrogen-bond donors (Lipinski definition) is 0. The minimum absolute atomic E-state index is 0.458. The fourth-order valence-electron chi connectivity index (χ4n) is 3.06. The van der Waals surface area contributed by atoms with Crippen LogP contribution in [0.25, 0.3) is 0 Å². The van der Waals surface area contributed by atoms with E-state index in [0.29, 0.717) is 10.5 Å². The Morgan fingerprint density at radius 3 is 2.32 bits per heavy atom. The van der Waals surface area contributed by atoms with Crippen LogP contribution in [0.15, 0.2) is 91.5 Å². The van der Waals surface area contributed by atoms with Gasteiger partial charge >= 0.3 is 0 Å². The zero-order valence-electron chi connectivity index (χ0n) is 13.4. The Morgan fingerprint density at radius 2 is 1.56 bits per heavy atom. The van der Waals surface area contributed by atoms with Gasteiger partial charge in [0, 0.05) is 29.2 Å². The molecule has 0 saturated heterocycles. The monoisotopic (exact) mass is 490 g/mol. The van der Waals surface area contributed by atoms with E-state index in [1.54, 1.807) is 0 Å². The van der Waals surface area contributed by atoms with Crippen molar-refractivity contribution in [1.82, 2.24) is 0 Å². The molecule has 0 saturated carbocycles. The first-order chi connectivity index (χ1) is 12.2. The van der Waals surface area contributed by atoms with Crippen LogP contribution in [0.1, 0.15) is 28.0 Å². The van der Waals surface area contributed by atoms with Crippen molar-refractivity contribution < 1.29 is 0 Å². The molecule has 1 aliphatic rings. The number of fused-ring (bicyclic) bond motifs is 1. The van der Waals surface area contributed by atoms with Crippen LogP contribution in [0.5, 0.6) is 0 Å². The summed E-state index contributed by atoms with van der Waals surface area (Å²) in [6, 6.07) is 26.2. The molecule has 2 unspecified atom stereocenters. The molecule has 0 N–H and O–H groups in total. The van der Waals surface area contributed by atoms with E-state index in [0.717, 1.165) is 15.4 Å². The highest BCUT2D eigenvalue weighted by Crippen LogP contribution is 2.55. The van der Waals surface area contributed by atoms with Crippen molar-refractivity contribution in [1.29, 1.82) is 0 Å². The van der Waals surface area contributed by atoms with E-state index in [9.17, 15) is 0 Å². The predicted octanol–water partition coefficient (Wildman–Crippen LogP) is 8.28. The van der Waals surface area contributed by atoms with Crippen LogP contribution >= 0.6 is 55.4 Å². The van der Waals surface area contributed by atoms with Crippen LogP contribution in [0.3, 0.4) is 0 Å². The zero-order valence-corrected chi connectivity index (χ0v) is 18.2. The second-order valence-electron chi connectivity index (χ2n) is 6.00. The summed E-state index contributed by atoms with van der Waals surface area (Å²) in [7, 11) is 0. The van der Waals surface area contributed by atoms with E-state index in [-0.39, 0.29) is 0 Å². The lowest BCUT2D eigenvalue weighted by atomic mass is 10.0. The zero-order chi connectivity index (χ0) is 17.2. The smallest absolute Gasteiger partial charge is 0.0369 e. The van der Waals surface area contributed by atoms with Crippen molar-refractivity contribution in [2.75, 3.05) is 0 Å². The van der Waals surface area contributed by atoms with Crippen LogP contribution in [0.2, 0.25) is 0 Å². The van der Waals surface area contributed by atoms with Crippen molar-refractivity contribution in [3.63, 3.8) is 0 Å². The first-order valence-corrected chi connectivity index (χ1v) is 11.5. The number of halogens is 2. The largest absolute Gasteiger partial charge is 0.118 e. The summed E-state index contributed by atoms with van der Waals surface area (Å²) in [6.45, 7) is 0. The topological polar surface area (TPSA) is 0 Å². The number of hydrogen-bond acceptors (Lipinski definition) is 2. The van der Waals surface area contributed by atoms with Crippen molar-refractivity contribution in [2.24, 2.45) is 0 Å². The number of benzene rings is 3. The summed E-state index contributed by atoms with van der Waals surface area (Å²) in [5.41, 5.74) is 2.86. The summed E-state index contributed by atoms with van der Waals surface area (Å²) in [5, 5.41) is 0.961. The lowest BCUT2D eigenvalue weighted by molar-refractivity contribution is 0.754. The average molecular weight is 492 g/mol. The lowest BCUT2D eigenvalue weighted by Gasteiger charge is -2.31. The molecular formula is C21H16Br2S2. The van der Waals surface area contributed by atoms with Crippen molar-refractivity contribution >= 4 is 55.4 Å². The molecule has 0 fully saturated rings. The number of rotatable bonds is 3. The normalized spacial score (nSPS) is 19.4. The molecule has 0 bridgehead atoms. The molecule has 25 heavy (non-hydrogen) atoms. The molecular weight excluding hydrogens is 476 g/mol. The van der Waals surface area contributed by atoms with Gasteiger partial charge in [-0.05, 0) is 60.0 Å². The van der Waals surface area contributed by atoms with Crippen LogP contribution in [0, 0.1) is 0 Å². The van der Waals surface area contributed by atoms with Gasteiger partial charge in [0.25, 0.3) is 0 Å². The molecule has 0 spiro atoms. The van der Waals surface area contributed by atoms with Gasteiger partial charge in [-0.3, -0.25) is 0 Å². The molecule has 3 aromatic rings. The van der Waals surface area contributed by atoms with Gasteiger partial charge in [-0.25, -0.2) is 0 Å². The van der Waals surface area contributed by atoms with Crippen molar-refractivity contribution in [3.8, 4) is 0 Å². The maximum absolute atomic E-state index is 3.65. The Balaban J connectivity index is 1.68. The Morgan fingerprint density at radius 1 is 0.840 bits per heavy atom. The van der Waals surface area contributed by atoms with Crippen molar-refractivity contribution in [3.05, 3.63) is 92.9 Å². The molecule has 126 valence electrons. The van der Waals surface area contributed by atoms with Gasteiger partial charge in [0.15, 0.2) is 0 Å². The standard InChI is InChI=1S/C21H16Br2S2/c22-15-6-9-17(10-7-15)24-21-13-20(14-4-2-1-3-5-14)25-19-11-8-16(23)12-18(19)21/h1-12,20-21H,13H2. The van der Waals surface area contributed by atoms with E-state index in [2.05, 4.69) is 105 Å². The highest BCUT2D eigenvalue weighted by Gasteiger charge is 2.29. The molecule has 0 amide bonds. The average Bonchev–Trinajstić information content (AvgIpc) is 2.64. The Hall–Kier alpha value is -0.680. The molecule has 1 aliphatic heterocycles. The summed E-state index contributed by atoms with van der Waals surface area (Å²) < 4.78 is 2.28. The van der Waals surface area contributed by atoms with Crippen molar-refractivity contribution in [2.45, 2.75) is 26.7 Å². The third kappa shape index (κ3) is 4.19. The predicted molar refractivity (Wildman–Crippen MR) is 117 cm³/mol. The minimum atomic E-state index is 0.458. The van der Waals surface area contributed by atoms with Crippen LogP contribution < -0.4 is 0 Å². The molecule has 4 heteroatoms. The Labute approximate surface area is 174 Å². The van der Waals surface area contributed by atoms with Gasteiger partial charge in [0.2, 0.25) is 0 Å². The maximum atomic E-state index is 3.65. The van der Waals surface area contributed by atoms with Crippen LogP contribution in [-0.4, -0.2) is 0 Å². The highest BCUT2D eigenvalue weighted by atomic mass is 79.9. The minimum Gasteiger partial charge on any atom is -0.118 e. The summed E-state index contributed by atoms with van der Waals surface area (Å²) in [4.78, 5) is 2.72. The van der Waals surface area contributed by atoms with E-state index in [1.165, 1.54) is 20.9 Å². The second kappa shape index (κ2) is 7.91. The molecule has 0 radical (unpaired) electrons. The highest BCUT2D eigenvalue weighted by molar-refractivity contribution is 9.10.